The van der Waals surface area contributed by atoms with E-state index in [4.69, 9.17) is 5.11 Å². The highest BCUT2D eigenvalue weighted by Crippen LogP contribution is 2.45. The van der Waals surface area contributed by atoms with Gasteiger partial charge in [0.1, 0.15) is 0 Å². The van der Waals surface area contributed by atoms with Gasteiger partial charge in [0.25, 0.3) is 0 Å². The molecule has 0 radical (unpaired) electrons. The smallest absolute Gasteiger partial charge is 0.327 e. The van der Waals surface area contributed by atoms with Crippen molar-refractivity contribution in [1.29, 1.82) is 0 Å². The molecule has 2 nitrogen and oxygen atoms in total. The number of carboxylic acids is 1. The van der Waals surface area contributed by atoms with Gasteiger partial charge in [-0.25, -0.2) is 4.79 Å². The summed E-state index contributed by atoms with van der Waals surface area (Å²) >= 11 is 0. The molecule has 1 aliphatic rings. The molecule has 74 valence electrons. The van der Waals surface area contributed by atoms with E-state index < -0.39 is 5.97 Å². The zero-order valence-electron chi connectivity index (χ0n) is 8.42. The Bertz CT molecular complexity index is 210. The van der Waals surface area contributed by atoms with Crippen LogP contribution in [0.2, 0.25) is 0 Å². The third-order valence-electron chi connectivity index (χ3n) is 3.24. The van der Waals surface area contributed by atoms with Crippen LogP contribution in [0, 0.1) is 11.3 Å². The molecule has 1 aliphatic carbocycles. The maximum Gasteiger partial charge on any atom is 0.327 e. The van der Waals surface area contributed by atoms with Crippen LogP contribution in [0.3, 0.4) is 0 Å². The third kappa shape index (κ3) is 2.33. The molecule has 0 aromatic heterocycles. The summed E-state index contributed by atoms with van der Waals surface area (Å²) in [7, 11) is 0. The normalized spacial score (nSPS) is 21.5. The molecule has 1 N–H and O–H groups in total. The van der Waals surface area contributed by atoms with E-state index in [0.29, 0.717) is 5.92 Å². The number of carboxylic acid groups (broad SMARTS) is 1. The van der Waals surface area contributed by atoms with Crippen molar-refractivity contribution >= 4 is 5.97 Å². The van der Waals surface area contributed by atoms with Crippen LogP contribution in [0.15, 0.2) is 12.2 Å². The molecule has 0 aliphatic heterocycles. The molecule has 0 heterocycles. The summed E-state index contributed by atoms with van der Waals surface area (Å²) in [5.74, 6) is -0.280. The minimum atomic E-state index is -0.827. The Labute approximate surface area is 79.6 Å². The molecule has 0 spiro atoms. The van der Waals surface area contributed by atoms with Crippen LogP contribution in [-0.2, 0) is 4.79 Å². The number of rotatable bonds is 3. The monoisotopic (exact) mass is 182 g/mol. The average Bonchev–Trinajstić information content (AvgIpc) is 2.50. The summed E-state index contributed by atoms with van der Waals surface area (Å²) in [6.45, 7) is 4.36. The second-order valence-corrected chi connectivity index (χ2v) is 4.27. The lowest BCUT2D eigenvalue weighted by Gasteiger charge is -2.29. The van der Waals surface area contributed by atoms with E-state index in [1.807, 2.05) is 6.08 Å². The van der Waals surface area contributed by atoms with Crippen molar-refractivity contribution in [2.45, 2.75) is 39.5 Å². The summed E-state index contributed by atoms with van der Waals surface area (Å²) in [5.41, 5.74) is 0.165. The average molecular weight is 182 g/mol. The van der Waals surface area contributed by atoms with Crippen LogP contribution in [-0.4, -0.2) is 11.1 Å². The van der Waals surface area contributed by atoms with Crippen molar-refractivity contribution in [3.8, 4) is 0 Å². The maximum atomic E-state index is 10.4. The number of hydrogen-bond donors (Lipinski definition) is 1. The molecule has 13 heavy (non-hydrogen) atoms. The van der Waals surface area contributed by atoms with Gasteiger partial charge >= 0.3 is 5.97 Å². The molecular formula is C11H18O2. The standard InChI is InChI=1S/C11H18O2/c1-9(2)11(6-3-4-7-11)8-5-10(12)13/h5,8-9H,3-4,6-7H2,1-2H3,(H,12,13). The first kappa shape index (κ1) is 10.3. The topological polar surface area (TPSA) is 37.3 Å². The summed E-state index contributed by atoms with van der Waals surface area (Å²) in [4.78, 5) is 10.4. The van der Waals surface area contributed by atoms with Crippen molar-refractivity contribution in [3.05, 3.63) is 12.2 Å². The zero-order chi connectivity index (χ0) is 9.90. The summed E-state index contributed by atoms with van der Waals surface area (Å²) < 4.78 is 0. The first-order valence-corrected chi connectivity index (χ1v) is 4.99. The fourth-order valence-electron chi connectivity index (χ4n) is 2.21. The Balaban J connectivity index is 2.73. The van der Waals surface area contributed by atoms with Crippen molar-refractivity contribution in [3.63, 3.8) is 0 Å². The highest BCUT2D eigenvalue weighted by molar-refractivity contribution is 5.79. The lowest BCUT2D eigenvalue weighted by atomic mass is 9.75. The van der Waals surface area contributed by atoms with Crippen LogP contribution >= 0.6 is 0 Å². The van der Waals surface area contributed by atoms with Crippen LogP contribution < -0.4 is 0 Å². The van der Waals surface area contributed by atoms with Gasteiger partial charge in [-0.2, -0.15) is 0 Å². The van der Waals surface area contributed by atoms with Gasteiger partial charge in [-0.3, -0.25) is 0 Å². The van der Waals surface area contributed by atoms with E-state index in [2.05, 4.69) is 13.8 Å². The van der Waals surface area contributed by atoms with Crippen LogP contribution in [0.1, 0.15) is 39.5 Å². The van der Waals surface area contributed by atoms with Gasteiger partial charge in [-0.15, -0.1) is 0 Å². The maximum absolute atomic E-state index is 10.4. The molecule has 1 saturated carbocycles. The van der Waals surface area contributed by atoms with Crippen LogP contribution in [0.4, 0.5) is 0 Å². The van der Waals surface area contributed by atoms with Gasteiger partial charge < -0.3 is 5.11 Å². The number of carbonyl (C=O) groups is 1. The van der Waals surface area contributed by atoms with Crippen molar-refractivity contribution in [1.82, 2.24) is 0 Å². The number of hydrogen-bond acceptors (Lipinski definition) is 1. The predicted octanol–water partition coefficient (Wildman–Crippen LogP) is 2.84. The van der Waals surface area contributed by atoms with Crippen molar-refractivity contribution < 1.29 is 9.90 Å². The minimum Gasteiger partial charge on any atom is -0.478 e. The third-order valence-corrected chi connectivity index (χ3v) is 3.24. The first-order valence-electron chi connectivity index (χ1n) is 4.99. The fraction of sp³-hybridized carbons (Fsp3) is 0.727. The van der Waals surface area contributed by atoms with E-state index in [1.165, 1.54) is 18.9 Å². The van der Waals surface area contributed by atoms with Gasteiger partial charge in [-0.05, 0) is 24.2 Å². The molecule has 0 aromatic rings. The quantitative estimate of drug-likeness (QED) is 0.681. The van der Waals surface area contributed by atoms with Gasteiger partial charge in [0.2, 0.25) is 0 Å². The second kappa shape index (κ2) is 3.95. The fourth-order valence-corrected chi connectivity index (χ4v) is 2.21. The SMILES string of the molecule is CC(C)C1(C=CC(=O)O)CCCC1. The Kier molecular flexibility index (Phi) is 3.12. The van der Waals surface area contributed by atoms with Crippen molar-refractivity contribution in [2.75, 3.05) is 0 Å². The van der Waals surface area contributed by atoms with Gasteiger partial charge in [0.05, 0.1) is 0 Å². The number of aliphatic carboxylic acids is 1. The lowest BCUT2D eigenvalue weighted by Crippen LogP contribution is -2.20. The van der Waals surface area contributed by atoms with Gasteiger partial charge in [0.15, 0.2) is 0 Å². The Morgan fingerprint density at radius 1 is 1.38 bits per heavy atom. The lowest BCUT2D eigenvalue weighted by molar-refractivity contribution is -0.131. The summed E-state index contributed by atoms with van der Waals surface area (Å²) in [5, 5.41) is 8.58. The molecule has 0 amide bonds. The molecule has 0 unspecified atom stereocenters. The largest absolute Gasteiger partial charge is 0.478 e. The Morgan fingerprint density at radius 3 is 2.31 bits per heavy atom. The zero-order valence-corrected chi connectivity index (χ0v) is 8.42. The Hall–Kier alpha value is -0.790. The molecular weight excluding hydrogens is 164 g/mol. The highest BCUT2D eigenvalue weighted by atomic mass is 16.4. The molecule has 0 aromatic carbocycles. The number of allylic oxidation sites excluding steroid dienone is 1. The van der Waals surface area contributed by atoms with E-state index in [-0.39, 0.29) is 5.41 Å². The van der Waals surface area contributed by atoms with Crippen molar-refractivity contribution in [2.24, 2.45) is 11.3 Å². The molecule has 0 bridgehead atoms. The predicted molar refractivity (Wildman–Crippen MR) is 52.5 cm³/mol. The van der Waals surface area contributed by atoms with Gasteiger partial charge in [-0.1, -0.05) is 32.8 Å². The molecule has 1 rings (SSSR count). The Morgan fingerprint density at radius 2 is 1.92 bits per heavy atom. The summed E-state index contributed by atoms with van der Waals surface area (Å²) in [6.07, 6.45) is 7.99. The van der Waals surface area contributed by atoms with E-state index in [0.717, 1.165) is 12.8 Å². The van der Waals surface area contributed by atoms with Gasteiger partial charge in [0, 0.05) is 6.08 Å². The van der Waals surface area contributed by atoms with E-state index >= 15 is 0 Å². The summed E-state index contributed by atoms with van der Waals surface area (Å²) in [6, 6.07) is 0. The molecule has 2 heteroatoms. The van der Waals surface area contributed by atoms with E-state index in [1.54, 1.807) is 0 Å². The van der Waals surface area contributed by atoms with Crippen LogP contribution in [0.25, 0.3) is 0 Å². The molecule has 0 atom stereocenters. The minimum absolute atomic E-state index is 0.165. The second-order valence-electron chi connectivity index (χ2n) is 4.27. The molecule has 0 saturated heterocycles. The first-order chi connectivity index (χ1) is 6.07. The molecule has 1 fully saturated rings. The van der Waals surface area contributed by atoms with Crippen LogP contribution in [0.5, 0.6) is 0 Å². The van der Waals surface area contributed by atoms with E-state index in [9.17, 15) is 4.79 Å². The highest BCUT2D eigenvalue weighted by Gasteiger charge is 2.34.